The summed E-state index contributed by atoms with van der Waals surface area (Å²) in [6.45, 7) is 5.00. The highest BCUT2D eigenvalue weighted by atomic mass is 16.5. The smallest absolute Gasteiger partial charge is 0.240 e. The number of nitrogens with one attached hydrogen (secondary N) is 1. The van der Waals surface area contributed by atoms with Gasteiger partial charge >= 0.3 is 0 Å². The van der Waals surface area contributed by atoms with Crippen molar-refractivity contribution in [3.63, 3.8) is 0 Å². The van der Waals surface area contributed by atoms with E-state index in [4.69, 9.17) is 10.5 Å². The van der Waals surface area contributed by atoms with Crippen LogP contribution in [0.3, 0.4) is 0 Å². The number of hydrogen-bond acceptors (Lipinski definition) is 5. The first-order chi connectivity index (χ1) is 10.1. The molecule has 1 amide bonds. The number of methoxy groups -OCH3 is 1. The Bertz CT molecular complexity index is 500. The third-order valence-electron chi connectivity index (χ3n) is 3.95. The molecular weight excluding hydrogens is 270 g/mol. The van der Waals surface area contributed by atoms with Crippen LogP contribution in [0.15, 0.2) is 0 Å². The highest BCUT2D eigenvalue weighted by molar-refractivity contribution is 5.84. The van der Waals surface area contributed by atoms with Crippen LogP contribution in [0.1, 0.15) is 24.1 Å². The maximum atomic E-state index is 11.6. The molecule has 0 bridgehead atoms. The summed E-state index contributed by atoms with van der Waals surface area (Å²) in [6, 6.07) is -0.225. The summed E-state index contributed by atoms with van der Waals surface area (Å²) >= 11 is 0. The van der Waals surface area contributed by atoms with Crippen LogP contribution in [0.25, 0.3) is 0 Å². The van der Waals surface area contributed by atoms with Crippen molar-refractivity contribution >= 4 is 11.7 Å². The van der Waals surface area contributed by atoms with E-state index in [0.29, 0.717) is 13.2 Å². The topological polar surface area (TPSA) is 85.4 Å². The standard InChI is InChI=1S/C14H25N5O2/c1-10-11(9-16-6-8-21-3)14(18(2)17-10)19-7-4-5-12(19)13(15)20/h12,16H,4-9H2,1-3H3,(H2,15,20). The summed E-state index contributed by atoms with van der Waals surface area (Å²) in [5.74, 6) is 0.739. The van der Waals surface area contributed by atoms with Gasteiger partial charge in [-0.3, -0.25) is 9.48 Å². The molecule has 7 heteroatoms. The van der Waals surface area contributed by atoms with Crippen LogP contribution in [-0.2, 0) is 23.1 Å². The van der Waals surface area contributed by atoms with E-state index in [0.717, 1.165) is 43.0 Å². The van der Waals surface area contributed by atoms with Crippen molar-refractivity contribution in [2.45, 2.75) is 32.4 Å². The van der Waals surface area contributed by atoms with E-state index in [-0.39, 0.29) is 11.9 Å². The zero-order valence-corrected chi connectivity index (χ0v) is 13.1. The van der Waals surface area contributed by atoms with Crippen molar-refractivity contribution in [2.24, 2.45) is 12.8 Å². The third-order valence-corrected chi connectivity index (χ3v) is 3.95. The van der Waals surface area contributed by atoms with Crippen LogP contribution in [0, 0.1) is 6.92 Å². The average molecular weight is 295 g/mol. The lowest BCUT2D eigenvalue weighted by Crippen LogP contribution is -2.41. The van der Waals surface area contributed by atoms with Gasteiger partial charge in [0, 0.05) is 39.4 Å². The van der Waals surface area contributed by atoms with E-state index in [9.17, 15) is 4.79 Å². The molecule has 1 atom stereocenters. The fourth-order valence-electron chi connectivity index (χ4n) is 2.96. The largest absolute Gasteiger partial charge is 0.383 e. The number of primary amides is 1. The van der Waals surface area contributed by atoms with Crippen molar-refractivity contribution in [3.05, 3.63) is 11.3 Å². The lowest BCUT2D eigenvalue weighted by molar-refractivity contribution is -0.119. The predicted octanol–water partition coefficient (Wildman–Crippen LogP) is -0.0814. The first-order valence-corrected chi connectivity index (χ1v) is 7.34. The first-order valence-electron chi connectivity index (χ1n) is 7.34. The number of ether oxygens (including phenoxy) is 1. The van der Waals surface area contributed by atoms with Gasteiger partial charge in [-0.2, -0.15) is 5.10 Å². The number of rotatable bonds is 7. The first kappa shape index (κ1) is 15.8. The van der Waals surface area contributed by atoms with Gasteiger partial charge in [-0.05, 0) is 19.8 Å². The number of aryl methyl sites for hydroxylation is 2. The van der Waals surface area contributed by atoms with Gasteiger partial charge in [0.15, 0.2) is 0 Å². The van der Waals surface area contributed by atoms with Crippen LogP contribution in [-0.4, -0.2) is 48.5 Å². The van der Waals surface area contributed by atoms with Crippen molar-refractivity contribution in [3.8, 4) is 0 Å². The van der Waals surface area contributed by atoms with E-state index < -0.39 is 0 Å². The Balaban J connectivity index is 2.20. The molecule has 1 aliphatic heterocycles. The lowest BCUT2D eigenvalue weighted by Gasteiger charge is -2.25. The molecule has 1 aliphatic rings. The zero-order valence-electron chi connectivity index (χ0n) is 13.1. The SMILES string of the molecule is COCCNCc1c(C)nn(C)c1N1CCCC1C(N)=O. The van der Waals surface area contributed by atoms with Gasteiger partial charge in [-0.15, -0.1) is 0 Å². The molecule has 7 nitrogen and oxygen atoms in total. The second-order valence-corrected chi connectivity index (χ2v) is 5.43. The van der Waals surface area contributed by atoms with Crippen molar-refractivity contribution in [1.29, 1.82) is 0 Å². The monoisotopic (exact) mass is 295 g/mol. The molecule has 1 unspecified atom stereocenters. The number of hydrogen-bond donors (Lipinski definition) is 2. The Morgan fingerprint density at radius 2 is 2.33 bits per heavy atom. The highest BCUT2D eigenvalue weighted by Gasteiger charge is 2.33. The molecular formula is C14H25N5O2. The van der Waals surface area contributed by atoms with Gasteiger partial charge < -0.3 is 20.7 Å². The Morgan fingerprint density at radius 1 is 1.57 bits per heavy atom. The molecule has 118 valence electrons. The minimum absolute atomic E-state index is 0.225. The number of nitrogens with zero attached hydrogens (tertiary/aromatic N) is 3. The van der Waals surface area contributed by atoms with Crippen LogP contribution >= 0.6 is 0 Å². The van der Waals surface area contributed by atoms with E-state index in [1.54, 1.807) is 7.11 Å². The fourth-order valence-corrected chi connectivity index (χ4v) is 2.96. The summed E-state index contributed by atoms with van der Waals surface area (Å²) in [4.78, 5) is 13.7. The highest BCUT2D eigenvalue weighted by Crippen LogP contribution is 2.30. The second-order valence-electron chi connectivity index (χ2n) is 5.43. The molecule has 0 radical (unpaired) electrons. The molecule has 2 heterocycles. The molecule has 1 aromatic rings. The van der Waals surface area contributed by atoms with Crippen LogP contribution < -0.4 is 16.0 Å². The number of anilines is 1. The summed E-state index contributed by atoms with van der Waals surface area (Å²) in [5, 5.41) is 7.84. The van der Waals surface area contributed by atoms with E-state index in [1.165, 1.54) is 0 Å². The average Bonchev–Trinajstić information content (AvgIpc) is 2.99. The Kier molecular flexibility index (Phi) is 5.19. The van der Waals surface area contributed by atoms with Gasteiger partial charge in [0.25, 0.3) is 0 Å². The molecule has 0 aliphatic carbocycles. The van der Waals surface area contributed by atoms with E-state index >= 15 is 0 Å². The number of nitrogens with two attached hydrogens (primary N) is 1. The van der Waals surface area contributed by atoms with Crippen molar-refractivity contribution in [1.82, 2.24) is 15.1 Å². The third kappa shape index (κ3) is 3.36. The summed E-state index contributed by atoms with van der Waals surface area (Å²) in [5.41, 5.74) is 7.64. The summed E-state index contributed by atoms with van der Waals surface area (Å²) in [6.07, 6.45) is 1.80. The number of carbonyl (C=O) groups is 1. The molecule has 3 N–H and O–H groups in total. The van der Waals surface area contributed by atoms with Crippen molar-refractivity contribution in [2.75, 3.05) is 31.7 Å². The van der Waals surface area contributed by atoms with Gasteiger partial charge in [0.05, 0.1) is 12.3 Å². The van der Waals surface area contributed by atoms with Crippen LogP contribution in [0.4, 0.5) is 5.82 Å². The zero-order chi connectivity index (χ0) is 15.4. The summed E-state index contributed by atoms with van der Waals surface area (Å²) in [7, 11) is 3.60. The van der Waals surface area contributed by atoms with E-state index in [1.807, 2.05) is 18.7 Å². The van der Waals surface area contributed by atoms with Crippen LogP contribution in [0.5, 0.6) is 0 Å². The number of carbonyl (C=O) groups excluding carboxylic acids is 1. The number of aromatic nitrogens is 2. The molecule has 0 aromatic carbocycles. The summed E-state index contributed by atoms with van der Waals surface area (Å²) < 4.78 is 6.89. The van der Waals surface area contributed by atoms with E-state index in [2.05, 4.69) is 15.3 Å². The second kappa shape index (κ2) is 6.91. The lowest BCUT2D eigenvalue weighted by atomic mass is 10.2. The van der Waals surface area contributed by atoms with Gasteiger partial charge in [-0.25, -0.2) is 0 Å². The number of amides is 1. The molecule has 0 saturated carbocycles. The molecule has 21 heavy (non-hydrogen) atoms. The predicted molar refractivity (Wildman–Crippen MR) is 81.1 cm³/mol. The van der Waals surface area contributed by atoms with Gasteiger partial charge in [0.2, 0.25) is 5.91 Å². The molecule has 1 saturated heterocycles. The van der Waals surface area contributed by atoms with Gasteiger partial charge in [-0.1, -0.05) is 0 Å². The minimum atomic E-state index is -0.260. The molecule has 2 rings (SSSR count). The van der Waals surface area contributed by atoms with Crippen molar-refractivity contribution < 1.29 is 9.53 Å². The normalized spacial score (nSPS) is 18.4. The fraction of sp³-hybridized carbons (Fsp3) is 0.714. The molecule has 1 fully saturated rings. The maximum absolute atomic E-state index is 11.6. The maximum Gasteiger partial charge on any atom is 0.240 e. The van der Waals surface area contributed by atoms with Crippen LogP contribution in [0.2, 0.25) is 0 Å². The molecule has 0 spiro atoms. The van der Waals surface area contributed by atoms with Gasteiger partial charge in [0.1, 0.15) is 11.9 Å². The minimum Gasteiger partial charge on any atom is -0.383 e. The quantitative estimate of drug-likeness (QED) is 0.687. The Morgan fingerprint density at radius 3 is 3.00 bits per heavy atom. The Labute approximate surface area is 125 Å². The molecule has 1 aromatic heterocycles. The Hall–Kier alpha value is -1.60.